The van der Waals surface area contributed by atoms with Crippen molar-refractivity contribution >= 4 is 28.4 Å². The number of ether oxygens (including phenoxy) is 1. The van der Waals surface area contributed by atoms with Crippen LogP contribution >= 0.6 is 0 Å². The van der Waals surface area contributed by atoms with Crippen molar-refractivity contribution in [1.29, 1.82) is 0 Å². The number of aromatic nitrogens is 1. The number of aromatic hydroxyl groups is 1. The molecule has 2 N–H and O–H groups in total. The van der Waals surface area contributed by atoms with E-state index in [-0.39, 0.29) is 24.7 Å². The van der Waals surface area contributed by atoms with E-state index in [4.69, 9.17) is 4.74 Å². The molecule has 0 radical (unpaired) electrons. The average molecular weight is 457 g/mol. The zero-order valence-corrected chi connectivity index (χ0v) is 18.6. The molecule has 0 aliphatic carbocycles. The van der Waals surface area contributed by atoms with Crippen LogP contribution in [0.5, 0.6) is 11.6 Å². The number of aryl methyl sites for hydroxylation is 1. The highest BCUT2D eigenvalue weighted by Crippen LogP contribution is 2.39. The van der Waals surface area contributed by atoms with Crippen molar-refractivity contribution in [3.63, 3.8) is 0 Å². The highest BCUT2D eigenvalue weighted by atomic mass is 16.5. The summed E-state index contributed by atoms with van der Waals surface area (Å²) in [6.07, 6.45) is 0. The Hall–Kier alpha value is -4.46. The lowest BCUT2D eigenvalue weighted by Gasteiger charge is -2.07. The van der Waals surface area contributed by atoms with E-state index in [1.54, 1.807) is 16.7 Å². The highest BCUT2D eigenvalue weighted by molar-refractivity contribution is 5.95. The monoisotopic (exact) mass is 456 g/mol. The summed E-state index contributed by atoms with van der Waals surface area (Å²) in [6.45, 7) is 1.81. The number of hydrogen-bond acceptors (Lipinski definition) is 5. The summed E-state index contributed by atoms with van der Waals surface area (Å²) in [4.78, 5) is 24.2. The van der Waals surface area contributed by atoms with E-state index >= 15 is 0 Å². The molecular weight excluding hydrogens is 432 g/mol. The molecule has 0 spiro atoms. The van der Waals surface area contributed by atoms with E-state index in [1.165, 1.54) is 0 Å². The number of fused-ring (bicyclic) bond motifs is 1. The van der Waals surface area contributed by atoms with Crippen LogP contribution in [-0.2, 0) is 16.1 Å². The molecule has 1 heterocycles. The molecule has 0 aliphatic heterocycles. The summed E-state index contributed by atoms with van der Waals surface area (Å²) in [5.41, 5.74) is 3.00. The van der Waals surface area contributed by atoms with Crippen molar-refractivity contribution < 1.29 is 19.4 Å². The van der Waals surface area contributed by atoms with Crippen LogP contribution in [0.25, 0.3) is 10.9 Å². The number of nitrogens with zero attached hydrogens (tertiary/aromatic N) is 3. The fourth-order valence-corrected chi connectivity index (χ4v) is 3.52. The number of carbonyl (C=O) groups is 2. The first-order valence-corrected chi connectivity index (χ1v) is 10.8. The number of amides is 2. The molecule has 0 unspecified atom stereocenters. The number of azo groups is 1. The molecule has 4 aromatic rings. The Morgan fingerprint density at radius 3 is 2.56 bits per heavy atom. The van der Waals surface area contributed by atoms with Crippen LogP contribution in [0.2, 0.25) is 0 Å². The Morgan fingerprint density at radius 2 is 1.76 bits per heavy atom. The number of rotatable bonds is 8. The lowest BCUT2D eigenvalue weighted by atomic mass is 10.2. The summed E-state index contributed by atoms with van der Waals surface area (Å²) in [5, 5.41) is 21.6. The van der Waals surface area contributed by atoms with Crippen LogP contribution in [0.1, 0.15) is 11.1 Å². The van der Waals surface area contributed by atoms with Crippen LogP contribution < -0.4 is 10.1 Å². The van der Waals surface area contributed by atoms with Gasteiger partial charge in [-0.15, -0.1) is 10.2 Å². The summed E-state index contributed by atoms with van der Waals surface area (Å²) in [5.74, 6) is -0.615. The Bertz CT molecular complexity index is 1350. The third-order valence-corrected chi connectivity index (χ3v) is 5.16. The van der Waals surface area contributed by atoms with Gasteiger partial charge in [0.25, 0.3) is 11.8 Å². The van der Waals surface area contributed by atoms with E-state index < -0.39 is 11.8 Å². The highest BCUT2D eigenvalue weighted by Gasteiger charge is 2.17. The average Bonchev–Trinajstić information content (AvgIpc) is 3.11. The van der Waals surface area contributed by atoms with Crippen LogP contribution in [-0.4, -0.2) is 34.6 Å². The number of carbonyl (C=O) groups excluding carboxylic acids is 2. The van der Waals surface area contributed by atoms with Crippen molar-refractivity contribution in [2.24, 2.45) is 10.2 Å². The largest absolute Gasteiger partial charge is 0.493 e. The molecule has 2 amide bonds. The van der Waals surface area contributed by atoms with Gasteiger partial charge in [-0.25, -0.2) is 0 Å². The van der Waals surface area contributed by atoms with Crippen molar-refractivity contribution in [1.82, 2.24) is 9.88 Å². The Labute approximate surface area is 196 Å². The minimum Gasteiger partial charge on any atom is -0.493 e. The molecule has 0 fully saturated rings. The fraction of sp³-hybridized carbons (Fsp3) is 0.154. The zero-order valence-electron chi connectivity index (χ0n) is 18.6. The first kappa shape index (κ1) is 22.7. The summed E-state index contributed by atoms with van der Waals surface area (Å²) >= 11 is 0. The van der Waals surface area contributed by atoms with Gasteiger partial charge < -0.3 is 19.7 Å². The fourth-order valence-electron chi connectivity index (χ4n) is 3.52. The second kappa shape index (κ2) is 10.4. The normalized spacial score (nSPS) is 11.1. The van der Waals surface area contributed by atoms with Crippen molar-refractivity contribution in [3.05, 3.63) is 90.0 Å². The lowest BCUT2D eigenvalue weighted by molar-refractivity contribution is -0.126. The minimum atomic E-state index is -0.650. The molecule has 0 saturated carbocycles. The third-order valence-electron chi connectivity index (χ3n) is 5.16. The number of hydrogen-bond donors (Lipinski definition) is 2. The quantitative estimate of drug-likeness (QED) is 0.381. The molecule has 8 nitrogen and oxygen atoms in total. The van der Waals surface area contributed by atoms with Gasteiger partial charge in [0.1, 0.15) is 12.3 Å². The topological polar surface area (TPSA) is 105 Å². The van der Waals surface area contributed by atoms with Crippen molar-refractivity contribution in [3.8, 4) is 11.6 Å². The molecule has 3 aromatic carbocycles. The van der Waals surface area contributed by atoms with Crippen LogP contribution in [0.3, 0.4) is 0 Å². The van der Waals surface area contributed by atoms with Crippen LogP contribution in [0.4, 0.5) is 5.69 Å². The number of para-hydroxylation sites is 1. The first-order valence-electron chi connectivity index (χ1n) is 10.8. The summed E-state index contributed by atoms with van der Waals surface area (Å²) in [7, 11) is 0. The summed E-state index contributed by atoms with van der Waals surface area (Å²) < 4.78 is 7.13. The van der Waals surface area contributed by atoms with Crippen LogP contribution in [0, 0.1) is 6.92 Å². The molecule has 1 aromatic heterocycles. The summed E-state index contributed by atoms with van der Waals surface area (Å²) in [6, 6.07) is 24.4. The predicted molar refractivity (Wildman–Crippen MR) is 128 cm³/mol. The minimum absolute atomic E-state index is 0.0859. The van der Waals surface area contributed by atoms with Gasteiger partial charge in [0.2, 0.25) is 5.88 Å². The Kier molecular flexibility index (Phi) is 6.98. The van der Waals surface area contributed by atoms with E-state index in [0.717, 1.165) is 16.6 Å². The van der Waals surface area contributed by atoms with Gasteiger partial charge in [-0.2, -0.15) is 0 Å². The molecule has 34 heavy (non-hydrogen) atoms. The predicted octanol–water partition coefficient (Wildman–Crippen LogP) is 4.51. The van der Waals surface area contributed by atoms with E-state index in [0.29, 0.717) is 17.7 Å². The third kappa shape index (κ3) is 5.47. The van der Waals surface area contributed by atoms with Crippen molar-refractivity contribution in [2.75, 3.05) is 13.2 Å². The van der Waals surface area contributed by atoms with Gasteiger partial charge in [0.15, 0.2) is 12.3 Å². The lowest BCUT2D eigenvalue weighted by Crippen LogP contribution is -2.32. The van der Waals surface area contributed by atoms with Gasteiger partial charge >= 0.3 is 0 Å². The van der Waals surface area contributed by atoms with Gasteiger partial charge in [0.05, 0.1) is 12.1 Å². The van der Waals surface area contributed by atoms with Gasteiger partial charge in [-0.3, -0.25) is 9.59 Å². The second-order valence-electron chi connectivity index (χ2n) is 7.74. The van der Waals surface area contributed by atoms with Gasteiger partial charge in [-0.1, -0.05) is 60.7 Å². The van der Waals surface area contributed by atoms with Gasteiger partial charge in [-0.05, 0) is 36.2 Å². The molecule has 0 bridgehead atoms. The second-order valence-corrected chi connectivity index (χ2v) is 7.74. The maximum atomic E-state index is 12.2. The maximum Gasteiger partial charge on any atom is 0.283 e. The van der Waals surface area contributed by atoms with Gasteiger partial charge in [0, 0.05) is 5.39 Å². The standard InChI is InChI=1S/C26H24N4O4/c1-18-8-7-11-20(14-18)34-17-24(32)27-15-23(31)28-29-25-21-12-5-6-13-22(21)30(26(25)33)16-19-9-3-2-4-10-19/h2-14,33H,15-17H2,1H3,(H,27,32). The maximum absolute atomic E-state index is 12.2. The smallest absolute Gasteiger partial charge is 0.283 e. The number of nitrogens with one attached hydrogen (secondary N) is 1. The van der Waals surface area contributed by atoms with Crippen LogP contribution in [0.15, 0.2) is 89.1 Å². The molecule has 172 valence electrons. The molecule has 0 saturated heterocycles. The van der Waals surface area contributed by atoms with E-state index in [1.807, 2.05) is 73.7 Å². The van der Waals surface area contributed by atoms with Crippen molar-refractivity contribution in [2.45, 2.75) is 13.5 Å². The zero-order chi connectivity index (χ0) is 23.9. The van der Waals surface area contributed by atoms with E-state index in [2.05, 4.69) is 15.5 Å². The molecular formula is C26H24N4O4. The van der Waals surface area contributed by atoms with E-state index in [9.17, 15) is 14.7 Å². The molecule has 4 rings (SSSR count). The number of benzene rings is 3. The molecule has 8 heteroatoms. The Morgan fingerprint density at radius 1 is 1.00 bits per heavy atom. The Balaban J connectivity index is 1.40. The molecule has 0 aliphatic rings. The first-order chi connectivity index (χ1) is 16.5. The SMILES string of the molecule is Cc1cccc(OCC(=O)NCC(=O)N=Nc2c(O)n(Cc3ccccc3)c3ccccc23)c1. The molecule has 0 atom stereocenters.